The molecule has 0 saturated carbocycles. The van der Waals surface area contributed by atoms with Crippen LogP contribution in [0.15, 0.2) is 0 Å². The van der Waals surface area contributed by atoms with E-state index in [2.05, 4.69) is 0 Å². The van der Waals surface area contributed by atoms with Gasteiger partial charge in [-0.15, -0.1) is 17.0 Å². The molecule has 0 fully saturated rings. The van der Waals surface area contributed by atoms with Gasteiger partial charge in [0, 0.05) is 0 Å². The molecule has 22 valence electrons. The van der Waals surface area contributed by atoms with Crippen molar-refractivity contribution in [3.05, 3.63) is 0 Å². The van der Waals surface area contributed by atoms with E-state index in [1.165, 1.54) is 0 Å². The van der Waals surface area contributed by atoms with E-state index in [9.17, 15) is 0 Å². The Bertz CT molecular complexity index is 6.85. The van der Waals surface area contributed by atoms with Crippen LogP contribution in [-0.4, -0.2) is 56.6 Å². The van der Waals surface area contributed by atoms with Crippen molar-refractivity contribution in [3.8, 4) is 0 Å². The first-order chi connectivity index (χ1) is 0. The van der Waals surface area contributed by atoms with E-state index >= 15 is 0 Å². The molecule has 0 heterocycles. The van der Waals surface area contributed by atoms with Gasteiger partial charge in [-0.3, -0.25) is 4.70 Å². The van der Waals surface area contributed by atoms with E-state index in [0.717, 1.165) is 0 Å². The molecule has 0 aliphatic heterocycles. The number of halogens is 2. The number of hydrogen-bond donors (Lipinski definition) is 0. The van der Waals surface area contributed by atoms with Gasteiger partial charge in [-0.05, 0) is 0 Å². The van der Waals surface area contributed by atoms with Gasteiger partial charge in [-0.1, -0.05) is 0 Å². The number of hydrogen-bond acceptors (Lipinski definition) is 0. The van der Waals surface area contributed by atoms with Gasteiger partial charge >= 0.3 is 56.6 Å². The summed E-state index contributed by atoms with van der Waals surface area (Å²) in [6.45, 7) is 0. The van der Waals surface area contributed by atoms with Gasteiger partial charge in [0.2, 0.25) is 0 Å². The second-order valence-corrected chi connectivity index (χ2v) is 0. The fraction of sp³-hybridized carbons (Fsp3) is 0. The van der Waals surface area contributed by atoms with Gasteiger partial charge in [0.15, 0.2) is 0 Å². The molecule has 5 heteroatoms. The molecule has 0 nitrogen and oxygen atoms in total. The standard InChI is InChI=1S/BrH.FH.3Li.3H/h2*1H;;;;;;. The summed E-state index contributed by atoms with van der Waals surface area (Å²) in [6, 6.07) is 0. The van der Waals surface area contributed by atoms with Crippen molar-refractivity contribution in [1.82, 2.24) is 0 Å². The molecular formula is H5BrFLi3. The molecule has 0 aromatic rings. The van der Waals surface area contributed by atoms with Crippen molar-refractivity contribution in [2.75, 3.05) is 0 Å². The third kappa shape index (κ3) is 22.6. The maximum absolute atomic E-state index is 0. The van der Waals surface area contributed by atoms with Crippen LogP contribution in [0.25, 0.3) is 0 Å². The van der Waals surface area contributed by atoms with E-state index < -0.39 is 0 Å². The first kappa shape index (κ1) is 57.1. The Morgan fingerprint density at radius 3 is 0.600 bits per heavy atom. The van der Waals surface area contributed by atoms with Gasteiger partial charge < -0.3 is 0 Å². The molecule has 0 aliphatic rings. The molecule has 0 bridgehead atoms. The van der Waals surface area contributed by atoms with Crippen molar-refractivity contribution in [3.63, 3.8) is 0 Å². The van der Waals surface area contributed by atoms with Crippen molar-refractivity contribution in [2.24, 2.45) is 0 Å². The normalized spacial score (nSPS) is 0. The van der Waals surface area contributed by atoms with Crippen molar-refractivity contribution < 1.29 is 4.70 Å². The van der Waals surface area contributed by atoms with Crippen molar-refractivity contribution >= 4 is 73.6 Å². The van der Waals surface area contributed by atoms with Gasteiger partial charge in [-0.2, -0.15) is 0 Å². The average molecular weight is 125 g/mol. The summed E-state index contributed by atoms with van der Waals surface area (Å²) in [4.78, 5) is 0. The summed E-state index contributed by atoms with van der Waals surface area (Å²) in [7, 11) is 0. The molecule has 0 aromatic carbocycles. The SMILES string of the molecule is Br.F.[LiH].[LiH].[LiH]. The Morgan fingerprint density at radius 2 is 0.600 bits per heavy atom. The van der Waals surface area contributed by atoms with Gasteiger partial charge in [0.05, 0.1) is 0 Å². The molecule has 0 radical (unpaired) electrons. The Morgan fingerprint density at radius 1 is 0.600 bits per heavy atom. The summed E-state index contributed by atoms with van der Waals surface area (Å²) in [5, 5.41) is 0. The summed E-state index contributed by atoms with van der Waals surface area (Å²) < 4.78 is 0. The van der Waals surface area contributed by atoms with Crippen LogP contribution in [0.2, 0.25) is 0 Å². The van der Waals surface area contributed by atoms with E-state index in [1.807, 2.05) is 0 Å². The Kier molecular flexibility index (Phi) is 395. The van der Waals surface area contributed by atoms with Crippen molar-refractivity contribution in [1.29, 1.82) is 0 Å². The quantitative estimate of drug-likeness (QED) is 0.356. The third-order valence-corrected chi connectivity index (χ3v) is 0. The molecule has 0 aromatic heterocycles. The zero-order valence-electron chi connectivity index (χ0n) is 0.816. The first-order valence-electron chi connectivity index (χ1n) is 0. The van der Waals surface area contributed by atoms with Crippen LogP contribution >= 0.6 is 17.0 Å². The predicted octanol–water partition coefficient (Wildman–Crippen LogP) is -1.22. The van der Waals surface area contributed by atoms with Crippen LogP contribution in [-0.2, 0) is 0 Å². The predicted molar refractivity (Wildman–Crippen MR) is 34.3 cm³/mol. The van der Waals surface area contributed by atoms with Crippen LogP contribution < -0.4 is 0 Å². The second-order valence-electron chi connectivity index (χ2n) is 0. The monoisotopic (exact) mass is 124 g/mol. The minimum atomic E-state index is 0. The summed E-state index contributed by atoms with van der Waals surface area (Å²) in [5.41, 5.74) is 0. The van der Waals surface area contributed by atoms with E-state index in [4.69, 9.17) is 0 Å². The summed E-state index contributed by atoms with van der Waals surface area (Å²) in [6.07, 6.45) is 0. The van der Waals surface area contributed by atoms with E-state index in [-0.39, 0.29) is 78.3 Å². The van der Waals surface area contributed by atoms with Crippen LogP contribution in [0.5, 0.6) is 0 Å². The van der Waals surface area contributed by atoms with E-state index in [0.29, 0.717) is 0 Å². The van der Waals surface area contributed by atoms with Crippen molar-refractivity contribution in [2.45, 2.75) is 0 Å². The topological polar surface area (TPSA) is 0 Å². The zero-order valence-corrected chi connectivity index (χ0v) is 2.53. The molecule has 0 amide bonds. The second kappa shape index (κ2) is 34.6. The molecule has 0 rings (SSSR count). The van der Waals surface area contributed by atoms with Crippen LogP contribution in [0, 0.1) is 0 Å². The van der Waals surface area contributed by atoms with Crippen LogP contribution in [0.3, 0.4) is 0 Å². The first-order valence-corrected chi connectivity index (χ1v) is 0. The Hall–Kier alpha value is 2.20. The fourth-order valence-electron chi connectivity index (χ4n) is 0. The summed E-state index contributed by atoms with van der Waals surface area (Å²) in [5.74, 6) is 0. The third-order valence-electron chi connectivity index (χ3n) is 0. The molecule has 5 heavy (non-hydrogen) atoms. The zero-order chi connectivity index (χ0) is 0. The van der Waals surface area contributed by atoms with Crippen LogP contribution in [0.4, 0.5) is 4.70 Å². The molecule has 0 saturated heterocycles. The van der Waals surface area contributed by atoms with Gasteiger partial charge in [0.25, 0.3) is 0 Å². The molecular weight excluding hydrogens is 120 g/mol. The average Bonchev–Trinajstić information content (AvgIpc) is 0. The Balaban J connectivity index is 0. The summed E-state index contributed by atoms with van der Waals surface area (Å²) >= 11 is 0. The molecule has 0 atom stereocenters. The molecule has 0 unspecified atom stereocenters. The Labute approximate surface area is 77.5 Å². The van der Waals surface area contributed by atoms with Gasteiger partial charge in [-0.25, -0.2) is 0 Å². The van der Waals surface area contributed by atoms with E-state index in [1.54, 1.807) is 0 Å². The maximum atomic E-state index is 0. The fourth-order valence-corrected chi connectivity index (χ4v) is 0. The van der Waals surface area contributed by atoms with Crippen LogP contribution in [0.1, 0.15) is 0 Å². The van der Waals surface area contributed by atoms with Gasteiger partial charge in [0.1, 0.15) is 0 Å². The minimum absolute atomic E-state index is 0. The molecule has 0 spiro atoms. The molecule has 0 aliphatic carbocycles. The molecule has 0 N–H and O–H groups in total. The number of rotatable bonds is 0.